The summed E-state index contributed by atoms with van der Waals surface area (Å²) in [6.07, 6.45) is -1.17. The van der Waals surface area contributed by atoms with Crippen LogP contribution >= 0.6 is 0 Å². The van der Waals surface area contributed by atoms with E-state index >= 15 is 0 Å². The van der Waals surface area contributed by atoms with Crippen molar-refractivity contribution in [1.29, 1.82) is 0 Å². The monoisotopic (exact) mass is 308 g/mol. The fourth-order valence-electron chi connectivity index (χ4n) is 2.41. The Kier molecular flexibility index (Phi) is 5.16. The van der Waals surface area contributed by atoms with E-state index in [0.717, 1.165) is 18.7 Å². The molecule has 1 fully saturated rings. The van der Waals surface area contributed by atoms with E-state index in [9.17, 15) is 9.59 Å². The number of carboxylic acid groups (broad SMARTS) is 1. The van der Waals surface area contributed by atoms with Crippen LogP contribution in [0.5, 0.6) is 5.88 Å². The van der Waals surface area contributed by atoms with Crippen LogP contribution < -0.4 is 10.1 Å². The predicted octanol–water partition coefficient (Wildman–Crippen LogP) is 0.844. The Morgan fingerprint density at radius 1 is 1.32 bits per heavy atom. The van der Waals surface area contributed by atoms with Gasteiger partial charge in [0, 0.05) is 45.7 Å². The van der Waals surface area contributed by atoms with Crippen molar-refractivity contribution in [3.8, 4) is 5.88 Å². The molecule has 1 aliphatic rings. The molecule has 1 aromatic rings. The minimum atomic E-state index is -1.17. The van der Waals surface area contributed by atoms with Crippen molar-refractivity contribution in [3.05, 3.63) is 17.7 Å². The zero-order chi connectivity index (χ0) is 16.1. The number of methoxy groups -OCH3 is 1. The molecular formula is C14H20N4O4. The van der Waals surface area contributed by atoms with Crippen LogP contribution in [-0.2, 0) is 11.3 Å². The van der Waals surface area contributed by atoms with E-state index < -0.39 is 6.09 Å². The van der Waals surface area contributed by atoms with Gasteiger partial charge in [-0.25, -0.2) is 4.79 Å². The molecule has 0 atom stereocenters. The second-order valence-corrected chi connectivity index (χ2v) is 5.12. The highest BCUT2D eigenvalue weighted by Crippen LogP contribution is 2.18. The third-order valence-electron chi connectivity index (χ3n) is 3.53. The first-order valence-corrected chi connectivity index (χ1v) is 7.00. The molecule has 120 valence electrons. The van der Waals surface area contributed by atoms with Crippen LogP contribution in [0.15, 0.2) is 12.1 Å². The summed E-state index contributed by atoms with van der Waals surface area (Å²) < 4.78 is 5.10. The Bertz CT molecular complexity index is 556. The lowest BCUT2D eigenvalue weighted by Crippen LogP contribution is -2.47. The van der Waals surface area contributed by atoms with Crippen LogP contribution in [0.25, 0.3) is 0 Å². The summed E-state index contributed by atoms with van der Waals surface area (Å²) in [4.78, 5) is 30.1. The topological polar surface area (TPSA) is 95.0 Å². The van der Waals surface area contributed by atoms with Crippen LogP contribution in [0.1, 0.15) is 12.5 Å². The number of hydrogen-bond acceptors (Lipinski definition) is 5. The molecule has 8 nitrogen and oxygen atoms in total. The van der Waals surface area contributed by atoms with E-state index in [2.05, 4.69) is 15.2 Å². The summed E-state index contributed by atoms with van der Waals surface area (Å²) >= 11 is 0. The summed E-state index contributed by atoms with van der Waals surface area (Å²) in [6, 6.07) is 3.47. The van der Waals surface area contributed by atoms with Gasteiger partial charge in [-0.05, 0) is 11.6 Å². The Morgan fingerprint density at radius 3 is 2.55 bits per heavy atom. The van der Waals surface area contributed by atoms with Crippen molar-refractivity contribution in [1.82, 2.24) is 14.8 Å². The Balaban J connectivity index is 2.03. The molecule has 2 rings (SSSR count). The van der Waals surface area contributed by atoms with Gasteiger partial charge in [-0.2, -0.15) is 4.98 Å². The third-order valence-corrected chi connectivity index (χ3v) is 3.53. The van der Waals surface area contributed by atoms with E-state index in [1.54, 1.807) is 19.1 Å². The molecule has 0 spiro atoms. The van der Waals surface area contributed by atoms with Crippen molar-refractivity contribution in [2.24, 2.45) is 0 Å². The van der Waals surface area contributed by atoms with Crippen LogP contribution in [0.4, 0.5) is 10.6 Å². The van der Waals surface area contributed by atoms with Gasteiger partial charge in [0.2, 0.25) is 11.8 Å². The Labute approximate surface area is 128 Å². The lowest BCUT2D eigenvalue weighted by molar-refractivity contribution is -0.130. The molecule has 0 saturated carbocycles. The number of nitrogens with zero attached hydrogens (tertiary/aromatic N) is 3. The van der Waals surface area contributed by atoms with E-state index in [1.807, 2.05) is 4.90 Å². The molecule has 1 aromatic heterocycles. The van der Waals surface area contributed by atoms with E-state index in [0.29, 0.717) is 25.5 Å². The number of carbonyl (C=O) groups excluding carboxylic acids is 1. The van der Waals surface area contributed by atoms with Crippen LogP contribution in [0.2, 0.25) is 0 Å². The molecule has 1 aliphatic heterocycles. The number of amides is 2. The number of hydrogen-bond donors (Lipinski definition) is 2. The summed E-state index contributed by atoms with van der Waals surface area (Å²) in [5, 5.41) is 11.0. The molecule has 8 heteroatoms. The first-order chi connectivity index (χ1) is 10.5. The molecule has 0 unspecified atom stereocenters. The van der Waals surface area contributed by atoms with Crippen molar-refractivity contribution < 1.29 is 19.4 Å². The lowest BCUT2D eigenvalue weighted by Gasteiger charge is -2.34. The second-order valence-electron chi connectivity index (χ2n) is 5.12. The number of ether oxygens (including phenoxy) is 1. The van der Waals surface area contributed by atoms with Crippen molar-refractivity contribution in [2.75, 3.05) is 38.6 Å². The van der Waals surface area contributed by atoms with Gasteiger partial charge in [0.1, 0.15) is 5.82 Å². The average Bonchev–Trinajstić information content (AvgIpc) is 2.46. The molecule has 22 heavy (non-hydrogen) atoms. The molecule has 0 bridgehead atoms. The number of carbonyl (C=O) groups is 2. The number of anilines is 1. The van der Waals surface area contributed by atoms with Crippen LogP contribution in [0.3, 0.4) is 0 Å². The van der Waals surface area contributed by atoms with E-state index in [-0.39, 0.29) is 11.7 Å². The number of pyridine rings is 1. The highest BCUT2D eigenvalue weighted by molar-refractivity contribution is 5.81. The first-order valence-electron chi connectivity index (χ1n) is 7.00. The quantitative estimate of drug-likeness (QED) is 0.856. The van der Waals surface area contributed by atoms with Gasteiger partial charge >= 0.3 is 6.09 Å². The van der Waals surface area contributed by atoms with Gasteiger partial charge in [-0.15, -0.1) is 0 Å². The number of nitrogens with one attached hydrogen (secondary N) is 1. The zero-order valence-corrected chi connectivity index (χ0v) is 12.7. The predicted molar refractivity (Wildman–Crippen MR) is 80.0 cm³/mol. The van der Waals surface area contributed by atoms with Gasteiger partial charge < -0.3 is 14.7 Å². The second kappa shape index (κ2) is 7.08. The summed E-state index contributed by atoms with van der Waals surface area (Å²) in [6.45, 7) is 5.21. The molecule has 2 amide bonds. The van der Waals surface area contributed by atoms with Crippen molar-refractivity contribution in [2.45, 2.75) is 13.5 Å². The third kappa shape index (κ3) is 4.32. The molecule has 2 heterocycles. The van der Waals surface area contributed by atoms with E-state index in [4.69, 9.17) is 9.84 Å². The normalized spacial score (nSPS) is 15.5. The lowest BCUT2D eigenvalue weighted by atomic mass is 10.2. The van der Waals surface area contributed by atoms with Gasteiger partial charge in [0.05, 0.1) is 7.11 Å². The Hall–Kier alpha value is -2.35. The SMILES string of the molecule is COc1cc(CN2CCN(C(C)=O)CC2)cc(NC(=O)O)n1. The van der Waals surface area contributed by atoms with Crippen molar-refractivity contribution >= 4 is 17.8 Å². The van der Waals surface area contributed by atoms with Crippen LogP contribution in [-0.4, -0.2) is 65.2 Å². The Morgan fingerprint density at radius 2 is 2.00 bits per heavy atom. The highest BCUT2D eigenvalue weighted by atomic mass is 16.5. The molecule has 2 N–H and O–H groups in total. The summed E-state index contributed by atoms with van der Waals surface area (Å²) in [7, 11) is 1.49. The highest BCUT2D eigenvalue weighted by Gasteiger charge is 2.19. The van der Waals surface area contributed by atoms with Crippen molar-refractivity contribution in [3.63, 3.8) is 0 Å². The van der Waals surface area contributed by atoms with Gasteiger partial charge in [0.25, 0.3) is 0 Å². The summed E-state index contributed by atoms with van der Waals surface area (Å²) in [5.41, 5.74) is 0.909. The smallest absolute Gasteiger partial charge is 0.410 e. The molecule has 0 aromatic carbocycles. The number of aromatic nitrogens is 1. The summed E-state index contributed by atoms with van der Waals surface area (Å²) in [5.74, 6) is 0.700. The zero-order valence-electron chi connectivity index (χ0n) is 12.7. The molecule has 1 saturated heterocycles. The minimum absolute atomic E-state index is 0.0955. The maximum atomic E-state index is 11.3. The van der Waals surface area contributed by atoms with Crippen LogP contribution in [0, 0.1) is 0 Å². The fraction of sp³-hybridized carbons (Fsp3) is 0.500. The standard InChI is InChI=1S/C14H20N4O4/c1-10(19)18-5-3-17(4-6-18)9-11-7-12(16-14(20)21)15-13(8-11)22-2/h7-8H,3-6,9H2,1-2H3,(H,15,16)(H,20,21). The average molecular weight is 308 g/mol. The molecular weight excluding hydrogens is 288 g/mol. The largest absolute Gasteiger partial charge is 0.481 e. The number of piperazine rings is 1. The fourth-order valence-corrected chi connectivity index (χ4v) is 2.41. The maximum Gasteiger partial charge on any atom is 0.410 e. The minimum Gasteiger partial charge on any atom is -0.481 e. The molecule has 0 aliphatic carbocycles. The van der Waals surface area contributed by atoms with E-state index in [1.165, 1.54) is 7.11 Å². The van der Waals surface area contributed by atoms with Gasteiger partial charge in [0.15, 0.2) is 0 Å². The number of rotatable bonds is 4. The maximum absolute atomic E-state index is 11.3. The van der Waals surface area contributed by atoms with Gasteiger partial charge in [-0.3, -0.25) is 15.0 Å². The first kappa shape index (κ1) is 16.0. The molecule has 0 radical (unpaired) electrons. The van der Waals surface area contributed by atoms with Gasteiger partial charge in [-0.1, -0.05) is 0 Å².